The summed E-state index contributed by atoms with van der Waals surface area (Å²) in [6.45, 7) is 16.1. The molecule has 2 aliphatic rings. The van der Waals surface area contributed by atoms with Gasteiger partial charge in [0.25, 0.3) is 0 Å². The second kappa shape index (κ2) is 7.35. The molecule has 0 saturated heterocycles. The van der Waals surface area contributed by atoms with E-state index in [0.29, 0.717) is 0 Å². The fourth-order valence-corrected chi connectivity index (χ4v) is 7.14. The van der Waals surface area contributed by atoms with Gasteiger partial charge in [-0.3, -0.25) is 0 Å². The molecule has 0 fully saturated rings. The SMILES string of the molecule is C=CC1=C(/C=C\C)C(C)(C)C2(c3ccccc3N(c3ccccc3)c3ccccc32)C1(C)C. The van der Waals surface area contributed by atoms with Crippen molar-refractivity contribution in [2.45, 2.75) is 40.0 Å². The van der Waals surface area contributed by atoms with Crippen molar-refractivity contribution in [3.63, 3.8) is 0 Å². The first kappa shape index (κ1) is 21.5. The third-order valence-corrected chi connectivity index (χ3v) is 8.16. The molecule has 0 atom stereocenters. The van der Waals surface area contributed by atoms with Crippen LogP contribution < -0.4 is 4.90 Å². The van der Waals surface area contributed by atoms with Crippen LogP contribution in [0.2, 0.25) is 0 Å². The van der Waals surface area contributed by atoms with Crippen molar-refractivity contribution in [2.75, 3.05) is 4.90 Å². The third kappa shape index (κ3) is 2.54. The van der Waals surface area contributed by atoms with Gasteiger partial charge in [0.15, 0.2) is 0 Å². The molecule has 0 saturated carbocycles. The molecule has 3 aromatic rings. The Bertz CT molecular complexity index is 1240. The van der Waals surface area contributed by atoms with Gasteiger partial charge in [0, 0.05) is 21.9 Å². The summed E-state index contributed by atoms with van der Waals surface area (Å²) in [5.41, 5.74) is 8.60. The molecule has 1 aliphatic heterocycles. The second-order valence-corrected chi connectivity index (χ2v) is 10.2. The molecule has 0 amide bonds. The Hall–Kier alpha value is -3.32. The lowest BCUT2D eigenvalue weighted by molar-refractivity contribution is 0.158. The molecule has 1 aliphatic carbocycles. The maximum Gasteiger partial charge on any atom is 0.0503 e. The van der Waals surface area contributed by atoms with Gasteiger partial charge in [-0.1, -0.05) is 107 Å². The first-order valence-electron chi connectivity index (χ1n) is 11.9. The number of hydrogen-bond donors (Lipinski definition) is 0. The van der Waals surface area contributed by atoms with Crippen LogP contribution in [-0.4, -0.2) is 0 Å². The fourth-order valence-electron chi connectivity index (χ4n) is 7.14. The van der Waals surface area contributed by atoms with Crippen molar-refractivity contribution in [1.29, 1.82) is 0 Å². The number of rotatable bonds is 3. The van der Waals surface area contributed by atoms with E-state index in [1.807, 2.05) is 0 Å². The van der Waals surface area contributed by atoms with Crippen LogP contribution in [-0.2, 0) is 5.41 Å². The van der Waals surface area contributed by atoms with Crippen LogP contribution in [0.15, 0.2) is 115 Å². The van der Waals surface area contributed by atoms with Gasteiger partial charge in [0.2, 0.25) is 0 Å². The van der Waals surface area contributed by atoms with Crippen LogP contribution in [0.1, 0.15) is 45.7 Å². The predicted octanol–water partition coefficient (Wildman–Crippen LogP) is 8.88. The average Bonchev–Trinajstić information content (AvgIpc) is 2.94. The summed E-state index contributed by atoms with van der Waals surface area (Å²) in [5.74, 6) is 0. The third-order valence-electron chi connectivity index (χ3n) is 8.16. The molecular formula is C32H33N. The number of para-hydroxylation sites is 3. The molecule has 1 nitrogen and oxygen atoms in total. The first-order valence-corrected chi connectivity index (χ1v) is 11.9. The Kier molecular flexibility index (Phi) is 4.79. The van der Waals surface area contributed by atoms with E-state index in [9.17, 15) is 0 Å². The highest BCUT2D eigenvalue weighted by atomic mass is 15.2. The highest BCUT2D eigenvalue weighted by Crippen LogP contribution is 2.73. The van der Waals surface area contributed by atoms with Crippen LogP contribution in [0.3, 0.4) is 0 Å². The topological polar surface area (TPSA) is 3.24 Å². The lowest BCUT2D eigenvalue weighted by Gasteiger charge is -2.56. The van der Waals surface area contributed by atoms with E-state index in [4.69, 9.17) is 0 Å². The minimum absolute atomic E-state index is 0.151. The minimum atomic E-state index is -0.253. The molecule has 33 heavy (non-hydrogen) atoms. The summed E-state index contributed by atoms with van der Waals surface area (Å²) in [7, 11) is 0. The van der Waals surface area contributed by atoms with Crippen LogP contribution >= 0.6 is 0 Å². The summed E-state index contributed by atoms with van der Waals surface area (Å²) >= 11 is 0. The Balaban J connectivity index is 1.95. The second-order valence-electron chi connectivity index (χ2n) is 10.2. The molecule has 3 aromatic carbocycles. The van der Waals surface area contributed by atoms with Gasteiger partial charge < -0.3 is 4.90 Å². The molecule has 1 spiro atoms. The van der Waals surface area contributed by atoms with Crippen molar-refractivity contribution < 1.29 is 0 Å². The molecule has 0 N–H and O–H groups in total. The lowest BCUT2D eigenvalue weighted by Crippen LogP contribution is -2.52. The molecule has 0 radical (unpaired) electrons. The summed E-state index contributed by atoms with van der Waals surface area (Å²) < 4.78 is 0. The van der Waals surface area contributed by atoms with Crippen molar-refractivity contribution in [3.8, 4) is 0 Å². The van der Waals surface area contributed by atoms with Gasteiger partial charge in [-0.15, -0.1) is 0 Å². The highest BCUT2D eigenvalue weighted by Gasteiger charge is 2.66. The van der Waals surface area contributed by atoms with Gasteiger partial charge in [-0.05, 0) is 53.5 Å². The Morgan fingerprint density at radius 2 is 1.15 bits per heavy atom. The lowest BCUT2D eigenvalue weighted by atomic mass is 9.48. The van der Waals surface area contributed by atoms with Crippen molar-refractivity contribution >= 4 is 17.1 Å². The number of anilines is 3. The van der Waals surface area contributed by atoms with Gasteiger partial charge in [-0.25, -0.2) is 0 Å². The number of benzene rings is 3. The quantitative estimate of drug-likeness (QED) is 0.400. The molecule has 5 rings (SSSR count). The summed E-state index contributed by atoms with van der Waals surface area (Å²) in [6.07, 6.45) is 6.58. The molecular weight excluding hydrogens is 398 g/mol. The summed E-state index contributed by atoms with van der Waals surface area (Å²) in [5, 5.41) is 0. The van der Waals surface area contributed by atoms with E-state index in [1.54, 1.807) is 0 Å². The van der Waals surface area contributed by atoms with Crippen molar-refractivity contribution in [3.05, 3.63) is 126 Å². The monoisotopic (exact) mass is 431 g/mol. The minimum Gasteiger partial charge on any atom is -0.310 e. The number of fused-ring (bicyclic) bond motifs is 4. The molecule has 0 aromatic heterocycles. The van der Waals surface area contributed by atoms with Gasteiger partial charge >= 0.3 is 0 Å². The molecule has 1 heterocycles. The van der Waals surface area contributed by atoms with Crippen LogP contribution in [0.4, 0.5) is 17.1 Å². The Labute approximate surface area is 198 Å². The maximum absolute atomic E-state index is 4.29. The van der Waals surface area contributed by atoms with Crippen LogP contribution in [0, 0.1) is 10.8 Å². The zero-order chi connectivity index (χ0) is 23.4. The van der Waals surface area contributed by atoms with E-state index in [-0.39, 0.29) is 16.2 Å². The van der Waals surface area contributed by atoms with E-state index in [2.05, 4.69) is 143 Å². The smallest absolute Gasteiger partial charge is 0.0503 e. The first-order chi connectivity index (χ1) is 15.8. The number of allylic oxidation sites excluding steroid dienone is 5. The average molecular weight is 432 g/mol. The Morgan fingerprint density at radius 3 is 1.67 bits per heavy atom. The largest absolute Gasteiger partial charge is 0.310 e. The number of hydrogen-bond acceptors (Lipinski definition) is 1. The zero-order valence-corrected chi connectivity index (χ0v) is 20.4. The molecule has 0 unspecified atom stereocenters. The van der Waals surface area contributed by atoms with E-state index in [0.717, 1.165) is 0 Å². The van der Waals surface area contributed by atoms with Crippen LogP contribution in [0.25, 0.3) is 0 Å². The highest BCUT2D eigenvalue weighted by molar-refractivity contribution is 5.88. The molecule has 0 bridgehead atoms. The maximum atomic E-state index is 4.29. The van der Waals surface area contributed by atoms with Crippen molar-refractivity contribution in [1.82, 2.24) is 0 Å². The molecule has 166 valence electrons. The molecule has 1 heteroatoms. The van der Waals surface area contributed by atoms with Crippen molar-refractivity contribution in [2.24, 2.45) is 10.8 Å². The predicted molar refractivity (Wildman–Crippen MR) is 142 cm³/mol. The van der Waals surface area contributed by atoms with E-state index in [1.165, 1.54) is 39.3 Å². The standard InChI is InChI=1S/C32H33N/c1-7-16-25-24(8-2)30(3,4)32(31(25,5)6)26-19-12-14-21-28(26)33(23-17-10-9-11-18-23)29-22-15-13-20-27(29)32/h7-22H,2H2,1,3-6H3/b16-7-. The summed E-state index contributed by atoms with van der Waals surface area (Å²) in [6, 6.07) is 28.7. The van der Waals surface area contributed by atoms with E-state index < -0.39 is 0 Å². The number of nitrogens with zero attached hydrogens (tertiary/aromatic N) is 1. The van der Waals surface area contributed by atoms with Crippen LogP contribution in [0.5, 0.6) is 0 Å². The van der Waals surface area contributed by atoms with E-state index >= 15 is 0 Å². The Morgan fingerprint density at radius 1 is 0.667 bits per heavy atom. The normalized spacial score (nSPS) is 19.6. The zero-order valence-electron chi connectivity index (χ0n) is 20.4. The van der Waals surface area contributed by atoms with Gasteiger partial charge in [0.05, 0.1) is 11.4 Å². The van der Waals surface area contributed by atoms with Gasteiger partial charge in [0.1, 0.15) is 0 Å². The summed E-state index contributed by atoms with van der Waals surface area (Å²) in [4.78, 5) is 2.43. The fraction of sp³-hybridized carbons (Fsp3) is 0.250. The van der Waals surface area contributed by atoms with Gasteiger partial charge in [-0.2, -0.15) is 0 Å².